The summed E-state index contributed by atoms with van der Waals surface area (Å²) in [6, 6.07) is 5.64. The molecule has 0 aliphatic heterocycles. The second-order valence-corrected chi connectivity index (χ2v) is 4.20. The quantitative estimate of drug-likeness (QED) is 0.752. The van der Waals surface area contributed by atoms with Gasteiger partial charge in [-0.1, -0.05) is 25.5 Å². The highest BCUT2D eigenvalue weighted by Crippen LogP contribution is 2.30. The van der Waals surface area contributed by atoms with Crippen LogP contribution in [-0.2, 0) is 6.54 Å². The van der Waals surface area contributed by atoms with Gasteiger partial charge in [-0.2, -0.15) is 0 Å². The van der Waals surface area contributed by atoms with E-state index in [2.05, 4.69) is 6.92 Å². The van der Waals surface area contributed by atoms with E-state index >= 15 is 0 Å². The Bertz CT molecular complexity index is 324. The standard InChI is InChI=1S/C13H21NO2/c1-4-5-9-16-12-8-6-7-11(13(12)15)10-14(2)3/h6-8,15H,4-5,9-10H2,1-3H3. The highest BCUT2D eigenvalue weighted by Gasteiger charge is 2.08. The molecule has 1 rings (SSSR count). The lowest BCUT2D eigenvalue weighted by molar-refractivity contribution is 0.289. The summed E-state index contributed by atoms with van der Waals surface area (Å²) in [5.41, 5.74) is 0.902. The van der Waals surface area contributed by atoms with Crippen LogP contribution in [0.5, 0.6) is 11.5 Å². The summed E-state index contributed by atoms with van der Waals surface area (Å²) in [4.78, 5) is 2.02. The van der Waals surface area contributed by atoms with Crippen molar-refractivity contribution in [3.05, 3.63) is 23.8 Å². The van der Waals surface area contributed by atoms with Crippen LogP contribution in [0.2, 0.25) is 0 Å². The number of ether oxygens (including phenoxy) is 1. The van der Waals surface area contributed by atoms with Gasteiger partial charge in [0.1, 0.15) is 0 Å². The van der Waals surface area contributed by atoms with Crippen LogP contribution < -0.4 is 4.74 Å². The molecule has 0 saturated carbocycles. The largest absolute Gasteiger partial charge is 0.504 e. The average molecular weight is 223 g/mol. The Labute approximate surface area is 97.7 Å². The van der Waals surface area contributed by atoms with Crippen LogP contribution in [0, 0.1) is 0 Å². The SMILES string of the molecule is CCCCOc1cccc(CN(C)C)c1O. The number of hydrogen-bond donors (Lipinski definition) is 1. The van der Waals surface area contributed by atoms with Crippen molar-refractivity contribution in [2.24, 2.45) is 0 Å². The molecule has 0 bridgehead atoms. The average Bonchev–Trinajstić information content (AvgIpc) is 2.23. The fourth-order valence-corrected chi connectivity index (χ4v) is 1.48. The van der Waals surface area contributed by atoms with E-state index in [0.717, 1.165) is 24.9 Å². The van der Waals surface area contributed by atoms with Gasteiger partial charge >= 0.3 is 0 Å². The monoisotopic (exact) mass is 223 g/mol. The molecule has 0 saturated heterocycles. The van der Waals surface area contributed by atoms with Crippen LogP contribution in [0.4, 0.5) is 0 Å². The third-order valence-corrected chi connectivity index (χ3v) is 2.32. The molecule has 1 N–H and O–H groups in total. The van der Waals surface area contributed by atoms with Gasteiger partial charge in [0.05, 0.1) is 6.61 Å². The third kappa shape index (κ3) is 3.74. The molecule has 0 spiro atoms. The van der Waals surface area contributed by atoms with Crippen molar-refractivity contribution < 1.29 is 9.84 Å². The maximum atomic E-state index is 9.99. The number of phenols is 1. The molecular formula is C13H21NO2. The van der Waals surface area contributed by atoms with E-state index in [1.54, 1.807) is 0 Å². The third-order valence-electron chi connectivity index (χ3n) is 2.32. The van der Waals surface area contributed by atoms with Crippen molar-refractivity contribution in [1.29, 1.82) is 0 Å². The Morgan fingerprint density at radius 3 is 2.69 bits per heavy atom. The lowest BCUT2D eigenvalue weighted by Crippen LogP contribution is -2.11. The van der Waals surface area contributed by atoms with E-state index in [1.807, 2.05) is 37.2 Å². The van der Waals surface area contributed by atoms with Gasteiger partial charge in [-0.25, -0.2) is 0 Å². The molecule has 0 aliphatic rings. The molecule has 3 heteroatoms. The number of rotatable bonds is 6. The van der Waals surface area contributed by atoms with E-state index < -0.39 is 0 Å². The molecule has 0 fully saturated rings. The summed E-state index contributed by atoms with van der Waals surface area (Å²) < 4.78 is 5.53. The predicted molar refractivity (Wildman–Crippen MR) is 65.9 cm³/mol. The van der Waals surface area contributed by atoms with E-state index in [-0.39, 0.29) is 5.75 Å². The van der Waals surface area contributed by atoms with Crippen molar-refractivity contribution in [1.82, 2.24) is 4.90 Å². The minimum Gasteiger partial charge on any atom is -0.504 e. The van der Waals surface area contributed by atoms with Crippen molar-refractivity contribution in [3.63, 3.8) is 0 Å². The molecule has 90 valence electrons. The Hall–Kier alpha value is -1.22. The number of unbranched alkanes of at least 4 members (excludes halogenated alkanes) is 1. The fourth-order valence-electron chi connectivity index (χ4n) is 1.48. The van der Waals surface area contributed by atoms with Gasteiger partial charge in [-0.3, -0.25) is 0 Å². The highest BCUT2D eigenvalue weighted by molar-refractivity contribution is 5.45. The van der Waals surface area contributed by atoms with Gasteiger partial charge in [-0.05, 0) is 26.6 Å². The zero-order valence-electron chi connectivity index (χ0n) is 10.4. The Morgan fingerprint density at radius 2 is 2.06 bits per heavy atom. The first-order chi connectivity index (χ1) is 7.65. The molecule has 0 amide bonds. The maximum Gasteiger partial charge on any atom is 0.162 e. The first-order valence-corrected chi connectivity index (χ1v) is 5.73. The molecule has 16 heavy (non-hydrogen) atoms. The molecule has 1 aromatic carbocycles. The zero-order valence-corrected chi connectivity index (χ0v) is 10.4. The molecule has 0 aromatic heterocycles. The number of para-hydroxylation sites is 1. The molecule has 1 aromatic rings. The van der Waals surface area contributed by atoms with E-state index in [9.17, 15) is 5.11 Å². The van der Waals surface area contributed by atoms with Gasteiger partial charge in [-0.15, -0.1) is 0 Å². The molecule has 0 unspecified atom stereocenters. The molecule has 0 radical (unpaired) electrons. The van der Waals surface area contributed by atoms with Crippen LogP contribution in [0.15, 0.2) is 18.2 Å². The van der Waals surface area contributed by atoms with Crippen LogP contribution >= 0.6 is 0 Å². The van der Waals surface area contributed by atoms with Crippen molar-refractivity contribution in [2.75, 3.05) is 20.7 Å². The number of phenolic OH excluding ortho intramolecular Hbond substituents is 1. The molecule has 0 heterocycles. The van der Waals surface area contributed by atoms with Crippen LogP contribution in [0.3, 0.4) is 0 Å². The minimum atomic E-state index is 0.271. The molecule has 3 nitrogen and oxygen atoms in total. The topological polar surface area (TPSA) is 32.7 Å². The Kier molecular flexibility index (Phi) is 5.12. The summed E-state index contributed by atoms with van der Waals surface area (Å²) in [5.74, 6) is 0.861. The van der Waals surface area contributed by atoms with E-state index in [1.165, 1.54) is 0 Å². The maximum absolute atomic E-state index is 9.99. The van der Waals surface area contributed by atoms with Crippen LogP contribution in [-0.4, -0.2) is 30.7 Å². The fraction of sp³-hybridized carbons (Fsp3) is 0.538. The van der Waals surface area contributed by atoms with Gasteiger partial charge in [0.2, 0.25) is 0 Å². The normalized spacial score (nSPS) is 10.8. The van der Waals surface area contributed by atoms with Crippen molar-refractivity contribution in [3.8, 4) is 11.5 Å². The number of aromatic hydroxyl groups is 1. The highest BCUT2D eigenvalue weighted by atomic mass is 16.5. The summed E-state index contributed by atoms with van der Waals surface area (Å²) in [6.45, 7) is 3.50. The number of benzene rings is 1. The Morgan fingerprint density at radius 1 is 1.31 bits per heavy atom. The van der Waals surface area contributed by atoms with Crippen molar-refractivity contribution >= 4 is 0 Å². The molecule has 0 atom stereocenters. The lowest BCUT2D eigenvalue weighted by atomic mass is 10.2. The van der Waals surface area contributed by atoms with Gasteiger partial charge in [0.25, 0.3) is 0 Å². The van der Waals surface area contributed by atoms with E-state index in [0.29, 0.717) is 12.4 Å². The molecular weight excluding hydrogens is 202 g/mol. The van der Waals surface area contributed by atoms with Gasteiger partial charge in [0.15, 0.2) is 11.5 Å². The second kappa shape index (κ2) is 6.38. The first-order valence-electron chi connectivity index (χ1n) is 5.73. The van der Waals surface area contributed by atoms with E-state index in [4.69, 9.17) is 4.74 Å². The van der Waals surface area contributed by atoms with Crippen LogP contribution in [0.1, 0.15) is 25.3 Å². The lowest BCUT2D eigenvalue weighted by Gasteiger charge is -2.14. The smallest absolute Gasteiger partial charge is 0.162 e. The summed E-state index contributed by atoms with van der Waals surface area (Å²) in [7, 11) is 3.95. The second-order valence-electron chi connectivity index (χ2n) is 4.20. The first kappa shape index (κ1) is 12.8. The Balaban J connectivity index is 2.70. The van der Waals surface area contributed by atoms with Gasteiger partial charge in [0, 0.05) is 12.1 Å². The predicted octanol–water partition coefficient (Wildman–Crippen LogP) is 2.63. The summed E-state index contributed by atoms with van der Waals surface area (Å²) in [5, 5.41) is 9.99. The number of hydrogen-bond acceptors (Lipinski definition) is 3. The molecule has 0 aliphatic carbocycles. The summed E-state index contributed by atoms with van der Waals surface area (Å²) >= 11 is 0. The minimum absolute atomic E-state index is 0.271. The summed E-state index contributed by atoms with van der Waals surface area (Å²) in [6.07, 6.45) is 2.11. The van der Waals surface area contributed by atoms with Crippen LogP contribution in [0.25, 0.3) is 0 Å². The van der Waals surface area contributed by atoms with Crippen molar-refractivity contribution in [2.45, 2.75) is 26.3 Å². The number of nitrogens with zero attached hydrogens (tertiary/aromatic N) is 1. The van der Waals surface area contributed by atoms with Gasteiger partial charge < -0.3 is 14.7 Å². The zero-order chi connectivity index (χ0) is 12.0.